The molecule has 0 spiro atoms. The van der Waals surface area contributed by atoms with Crippen molar-refractivity contribution in [2.45, 2.75) is 26.7 Å². The molecular formula is C13H20N4O. The van der Waals surface area contributed by atoms with Crippen molar-refractivity contribution >= 4 is 5.91 Å². The standard InChI is InChI=1S/C13H20N4O/c1-10-7-16-11(8-15-10)12(18)17-9-13(2)3-5-14-6-4-13/h7-8,14H,3-6,9H2,1-2H3,(H,17,18). The number of nitrogens with zero attached hydrogens (tertiary/aromatic N) is 2. The van der Waals surface area contributed by atoms with E-state index in [0.717, 1.165) is 31.6 Å². The molecular weight excluding hydrogens is 228 g/mol. The summed E-state index contributed by atoms with van der Waals surface area (Å²) in [5.74, 6) is -0.137. The second-order valence-electron chi connectivity index (χ2n) is 5.29. The lowest BCUT2D eigenvalue weighted by atomic mass is 9.81. The number of nitrogens with one attached hydrogen (secondary N) is 2. The van der Waals surface area contributed by atoms with Crippen LogP contribution in [0, 0.1) is 12.3 Å². The summed E-state index contributed by atoms with van der Waals surface area (Å²) >= 11 is 0. The monoisotopic (exact) mass is 248 g/mol. The predicted octanol–water partition coefficient (Wildman–Crippen LogP) is 0.905. The third-order valence-corrected chi connectivity index (χ3v) is 3.50. The fraction of sp³-hybridized carbons (Fsp3) is 0.615. The molecule has 1 fully saturated rings. The Morgan fingerprint density at radius 1 is 1.39 bits per heavy atom. The minimum atomic E-state index is -0.137. The highest BCUT2D eigenvalue weighted by Gasteiger charge is 2.27. The van der Waals surface area contributed by atoms with Gasteiger partial charge in [0.2, 0.25) is 0 Å². The summed E-state index contributed by atoms with van der Waals surface area (Å²) in [5.41, 5.74) is 1.40. The zero-order valence-electron chi connectivity index (χ0n) is 11.0. The van der Waals surface area contributed by atoms with Gasteiger partial charge in [0, 0.05) is 12.7 Å². The highest BCUT2D eigenvalue weighted by Crippen LogP contribution is 2.26. The fourth-order valence-corrected chi connectivity index (χ4v) is 2.10. The van der Waals surface area contributed by atoms with E-state index in [2.05, 4.69) is 27.5 Å². The highest BCUT2D eigenvalue weighted by atomic mass is 16.1. The van der Waals surface area contributed by atoms with Crippen LogP contribution in [0.5, 0.6) is 0 Å². The topological polar surface area (TPSA) is 66.9 Å². The molecule has 98 valence electrons. The van der Waals surface area contributed by atoms with Gasteiger partial charge in [-0.15, -0.1) is 0 Å². The van der Waals surface area contributed by atoms with Crippen LogP contribution >= 0.6 is 0 Å². The summed E-state index contributed by atoms with van der Waals surface area (Å²) < 4.78 is 0. The number of aromatic nitrogens is 2. The maximum Gasteiger partial charge on any atom is 0.271 e. The van der Waals surface area contributed by atoms with E-state index < -0.39 is 0 Å². The van der Waals surface area contributed by atoms with Gasteiger partial charge < -0.3 is 10.6 Å². The number of piperidine rings is 1. The van der Waals surface area contributed by atoms with Gasteiger partial charge in [0.15, 0.2) is 0 Å². The van der Waals surface area contributed by atoms with Crippen LogP contribution in [-0.4, -0.2) is 35.5 Å². The molecule has 2 N–H and O–H groups in total. The van der Waals surface area contributed by atoms with E-state index in [0.29, 0.717) is 12.2 Å². The van der Waals surface area contributed by atoms with Crippen molar-refractivity contribution in [1.29, 1.82) is 0 Å². The lowest BCUT2D eigenvalue weighted by Crippen LogP contribution is -2.43. The minimum Gasteiger partial charge on any atom is -0.350 e. The summed E-state index contributed by atoms with van der Waals surface area (Å²) in [6.07, 6.45) is 5.32. The molecule has 0 radical (unpaired) electrons. The second-order valence-corrected chi connectivity index (χ2v) is 5.29. The van der Waals surface area contributed by atoms with Crippen LogP contribution in [0.4, 0.5) is 0 Å². The van der Waals surface area contributed by atoms with Crippen molar-refractivity contribution in [3.8, 4) is 0 Å². The molecule has 0 atom stereocenters. The first kappa shape index (κ1) is 13.0. The molecule has 0 aromatic carbocycles. The maximum absolute atomic E-state index is 11.9. The van der Waals surface area contributed by atoms with E-state index in [9.17, 15) is 4.79 Å². The van der Waals surface area contributed by atoms with E-state index in [-0.39, 0.29) is 11.3 Å². The molecule has 1 amide bonds. The number of hydrogen-bond acceptors (Lipinski definition) is 4. The van der Waals surface area contributed by atoms with Gasteiger partial charge in [0.1, 0.15) is 5.69 Å². The molecule has 2 heterocycles. The van der Waals surface area contributed by atoms with E-state index in [4.69, 9.17) is 0 Å². The van der Waals surface area contributed by atoms with Crippen molar-refractivity contribution in [3.63, 3.8) is 0 Å². The zero-order valence-corrected chi connectivity index (χ0v) is 11.0. The van der Waals surface area contributed by atoms with Gasteiger partial charge in [-0.2, -0.15) is 0 Å². The van der Waals surface area contributed by atoms with Crippen molar-refractivity contribution in [3.05, 3.63) is 23.8 Å². The number of aryl methyl sites for hydroxylation is 1. The number of carbonyl (C=O) groups is 1. The van der Waals surface area contributed by atoms with Gasteiger partial charge >= 0.3 is 0 Å². The first-order valence-corrected chi connectivity index (χ1v) is 6.37. The average molecular weight is 248 g/mol. The molecule has 0 aliphatic carbocycles. The first-order chi connectivity index (χ1) is 8.59. The number of carbonyl (C=O) groups excluding carboxylic acids is 1. The summed E-state index contributed by atoms with van der Waals surface area (Å²) in [6, 6.07) is 0. The van der Waals surface area contributed by atoms with E-state index in [1.165, 1.54) is 6.20 Å². The summed E-state index contributed by atoms with van der Waals surface area (Å²) in [7, 11) is 0. The molecule has 2 rings (SSSR count). The van der Waals surface area contributed by atoms with E-state index in [1.54, 1.807) is 6.20 Å². The maximum atomic E-state index is 11.9. The Labute approximate surface area is 107 Å². The normalized spacial score (nSPS) is 18.3. The van der Waals surface area contributed by atoms with Crippen LogP contribution in [0.3, 0.4) is 0 Å². The molecule has 1 aromatic rings. The van der Waals surface area contributed by atoms with Gasteiger partial charge in [-0.05, 0) is 38.3 Å². The van der Waals surface area contributed by atoms with Gasteiger partial charge in [-0.25, -0.2) is 4.98 Å². The van der Waals surface area contributed by atoms with Crippen LogP contribution < -0.4 is 10.6 Å². The SMILES string of the molecule is Cc1cnc(C(=O)NCC2(C)CCNCC2)cn1. The van der Waals surface area contributed by atoms with E-state index in [1.807, 2.05) is 6.92 Å². The predicted molar refractivity (Wildman–Crippen MR) is 69.3 cm³/mol. The molecule has 1 aliphatic heterocycles. The molecule has 0 saturated carbocycles. The molecule has 0 bridgehead atoms. The van der Waals surface area contributed by atoms with Crippen molar-refractivity contribution in [2.24, 2.45) is 5.41 Å². The lowest BCUT2D eigenvalue weighted by molar-refractivity contribution is 0.0917. The molecule has 0 unspecified atom stereocenters. The van der Waals surface area contributed by atoms with Gasteiger partial charge in [0.25, 0.3) is 5.91 Å². The Kier molecular flexibility index (Phi) is 3.91. The summed E-state index contributed by atoms with van der Waals surface area (Å²) in [4.78, 5) is 20.1. The smallest absolute Gasteiger partial charge is 0.271 e. The van der Waals surface area contributed by atoms with Gasteiger partial charge in [-0.1, -0.05) is 6.92 Å². The van der Waals surface area contributed by atoms with Crippen molar-refractivity contribution < 1.29 is 4.79 Å². The first-order valence-electron chi connectivity index (χ1n) is 6.37. The minimum absolute atomic E-state index is 0.137. The quantitative estimate of drug-likeness (QED) is 0.834. The largest absolute Gasteiger partial charge is 0.350 e. The van der Waals surface area contributed by atoms with Gasteiger partial charge in [-0.3, -0.25) is 9.78 Å². The van der Waals surface area contributed by atoms with Crippen LogP contribution in [0.1, 0.15) is 35.9 Å². The molecule has 1 saturated heterocycles. The number of hydrogen-bond donors (Lipinski definition) is 2. The fourth-order valence-electron chi connectivity index (χ4n) is 2.10. The second kappa shape index (κ2) is 5.44. The van der Waals surface area contributed by atoms with Crippen LogP contribution in [0.25, 0.3) is 0 Å². The van der Waals surface area contributed by atoms with Crippen LogP contribution in [0.15, 0.2) is 12.4 Å². The Morgan fingerprint density at radius 2 is 2.11 bits per heavy atom. The van der Waals surface area contributed by atoms with Crippen LogP contribution in [-0.2, 0) is 0 Å². The molecule has 1 aromatic heterocycles. The lowest BCUT2D eigenvalue weighted by Gasteiger charge is -2.34. The summed E-state index contributed by atoms with van der Waals surface area (Å²) in [6.45, 7) is 6.82. The number of rotatable bonds is 3. The molecule has 5 heteroatoms. The zero-order chi connectivity index (χ0) is 13.0. The average Bonchev–Trinajstić information content (AvgIpc) is 2.38. The highest BCUT2D eigenvalue weighted by molar-refractivity contribution is 5.91. The Balaban J connectivity index is 1.89. The third-order valence-electron chi connectivity index (χ3n) is 3.50. The Hall–Kier alpha value is -1.49. The Morgan fingerprint density at radius 3 is 2.72 bits per heavy atom. The molecule has 18 heavy (non-hydrogen) atoms. The summed E-state index contributed by atoms with van der Waals surface area (Å²) in [5, 5.41) is 6.29. The molecule has 5 nitrogen and oxygen atoms in total. The van der Waals surface area contributed by atoms with Crippen LogP contribution in [0.2, 0.25) is 0 Å². The van der Waals surface area contributed by atoms with Crippen molar-refractivity contribution in [1.82, 2.24) is 20.6 Å². The van der Waals surface area contributed by atoms with Gasteiger partial charge in [0.05, 0.1) is 11.9 Å². The third kappa shape index (κ3) is 3.26. The molecule has 1 aliphatic rings. The number of amides is 1. The van der Waals surface area contributed by atoms with E-state index >= 15 is 0 Å². The Bertz CT molecular complexity index is 410. The van der Waals surface area contributed by atoms with Crippen molar-refractivity contribution in [2.75, 3.05) is 19.6 Å².